The summed E-state index contributed by atoms with van der Waals surface area (Å²) in [6.07, 6.45) is 1.86. The molecule has 1 heterocycles. The van der Waals surface area contributed by atoms with Crippen LogP contribution in [0, 0.1) is 0 Å². The molecule has 1 unspecified atom stereocenters. The highest BCUT2D eigenvalue weighted by atomic mass is 15.3. The molecule has 1 N–H and O–H groups in total. The number of hydrogen-bond acceptors (Lipinski definition) is 2. The topological polar surface area (TPSA) is 29.9 Å². The Morgan fingerprint density at radius 2 is 2.00 bits per heavy atom. The van der Waals surface area contributed by atoms with E-state index in [1.807, 2.05) is 36.1 Å². The quantitative estimate of drug-likeness (QED) is 0.847. The molecule has 0 amide bonds. The van der Waals surface area contributed by atoms with Gasteiger partial charge in [0.15, 0.2) is 0 Å². The first-order chi connectivity index (χ1) is 7.83. The van der Waals surface area contributed by atoms with E-state index < -0.39 is 0 Å². The van der Waals surface area contributed by atoms with Crippen molar-refractivity contribution in [1.82, 2.24) is 15.1 Å². The molecule has 2 aromatic rings. The Hall–Kier alpha value is -1.61. The van der Waals surface area contributed by atoms with Gasteiger partial charge in [-0.15, -0.1) is 0 Å². The summed E-state index contributed by atoms with van der Waals surface area (Å²) in [6.45, 7) is 3.16. The highest BCUT2D eigenvalue weighted by Crippen LogP contribution is 2.17. The van der Waals surface area contributed by atoms with Gasteiger partial charge in [-0.3, -0.25) is 0 Å². The zero-order valence-corrected chi connectivity index (χ0v) is 9.72. The summed E-state index contributed by atoms with van der Waals surface area (Å²) in [6, 6.07) is 12.3. The largest absolute Gasteiger partial charge is 0.319 e. The van der Waals surface area contributed by atoms with Gasteiger partial charge < -0.3 is 5.32 Å². The predicted molar refractivity (Wildman–Crippen MR) is 65.9 cm³/mol. The lowest BCUT2D eigenvalue weighted by Crippen LogP contribution is -2.17. The van der Waals surface area contributed by atoms with Gasteiger partial charge in [0, 0.05) is 24.4 Å². The second-order valence-electron chi connectivity index (χ2n) is 3.96. The van der Waals surface area contributed by atoms with Crippen LogP contribution in [0.5, 0.6) is 0 Å². The van der Waals surface area contributed by atoms with Crippen molar-refractivity contribution in [1.29, 1.82) is 0 Å². The molecule has 0 saturated carbocycles. The Morgan fingerprint density at radius 1 is 1.25 bits per heavy atom. The predicted octanol–water partition coefficient (Wildman–Crippen LogP) is 2.20. The van der Waals surface area contributed by atoms with Gasteiger partial charge in [0.05, 0.1) is 5.69 Å². The van der Waals surface area contributed by atoms with E-state index in [1.165, 1.54) is 5.69 Å². The molecule has 0 aliphatic rings. The fourth-order valence-electron chi connectivity index (χ4n) is 1.88. The molecule has 0 saturated heterocycles. The van der Waals surface area contributed by atoms with E-state index in [0.717, 1.165) is 12.2 Å². The Bertz CT molecular complexity index is 433. The molecule has 0 spiro atoms. The molecule has 16 heavy (non-hydrogen) atoms. The SMILES string of the molecule is CNCC(C)c1ccnn1-c1ccccc1. The van der Waals surface area contributed by atoms with Gasteiger partial charge in [-0.05, 0) is 25.2 Å². The number of likely N-dealkylation sites (N-methyl/N-ethyl adjacent to an activating group) is 1. The van der Waals surface area contributed by atoms with Crippen LogP contribution in [0.25, 0.3) is 5.69 Å². The average Bonchev–Trinajstić information content (AvgIpc) is 2.79. The molecule has 1 aromatic carbocycles. The number of benzene rings is 1. The number of nitrogens with one attached hydrogen (secondary N) is 1. The Balaban J connectivity index is 2.33. The molecule has 0 aliphatic heterocycles. The Kier molecular flexibility index (Phi) is 3.37. The molecule has 2 rings (SSSR count). The average molecular weight is 215 g/mol. The standard InChI is InChI=1S/C13H17N3/c1-11(10-14-2)13-8-9-15-16(13)12-6-4-3-5-7-12/h3-9,11,14H,10H2,1-2H3. The Morgan fingerprint density at radius 3 is 2.69 bits per heavy atom. The van der Waals surface area contributed by atoms with Crippen LogP contribution in [-0.4, -0.2) is 23.4 Å². The van der Waals surface area contributed by atoms with Crippen LogP contribution in [-0.2, 0) is 0 Å². The summed E-state index contributed by atoms with van der Waals surface area (Å²) in [5.41, 5.74) is 2.35. The summed E-state index contributed by atoms with van der Waals surface area (Å²) in [4.78, 5) is 0. The fourth-order valence-corrected chi connectivity index (χ4v) is 1.88. The fraction of sp³-hybridized carbons (Fsp3) is 0.308. The molecule has 3 nitrogen and oxygen atoms in total. The van der Waals surface area contributed by atoms with Crippen LogP contribution in [0.2, 0.25) is 0 Å². The third-order valence-electron chi connectivity index (χ3n) is 2.69. The van der Waals surface area contributed by atoms with Gasteiger partial charge in [0.1, 0.15) is 0 Å². The van der Waals surface area contributed by atoms with E-state index in [2.05, 4.69) is 35.5 Å². The first kappa shape index (κ1) is 10.9. The minimum absolute atomic E-state index is 0.452. The molecule has 1 atom stereocenters. The van der Waals surface area contributed by atoms with Crippen LogP contribution in [0.4, 0.5) is 0 Å². The van der Waals surface area contributed by atoms with Crippen molar-refractivity contribution in [3.8, 4) is 5.69 Å². The number of para-hydroxylation sites is 1. The maximum absolute atomic E-state index is 4.38. The molecule has 84 valence electrons. The lowest BCUT2D eigenvalue weighted by atomic mass is 10.1. The van der Waals surface area contributed by atoms with E-state index in [0.29, 0.717) is 5.92 Å². The van der Waals surface area contributed by atoms with Gasteiger partial charge in [0.2, 0.25) is 0 Å². The molecule has 0 aliphatic carbocycles. The monoisotopic (exact) mass is 215 g/mol. The van der Waals surface area contributed by atoms with Gasteiger partial charge >= 0.3 is 0 Å². The normalized spacial score (nSPS) is 12.6. The van der Waals surface area contributed by atoms with Gasteiger partial charge in [-0.2, -0.15) is 5.10 Å². The zero-order valence-electron chi connectivity index (χ0n) is 9.72. The zero-order chi connectivity index (χ0) is 11.4. The highest BCUT2D eigenvalue weighted by Gasteiger charge is 2.11. The lowest BCUT2D eigenvalue weighted by molar-refractivity contribution is 0.634. The first-order valence-electron chi connectivity index (χ1n) is 5.57. The van der Waals surface area contributed by atoms with Crippen molar-refractivity contribution < 1.29 is 0 Å². The van der Waals surface area contributed by atoms with Gasteiger partial charge in [0.25, 0.3) is 0 Å². The van der Waals surface area contributed by atoms with Crippen molar-refractivity contribution >= 4 is 0 Å². The molecule has 0 fully saturated rings. The third kappa shape index (κ3) is 2.14. The third-order valence-corrected chi connectivity index (χ3v) is 2.69. The minimum atomic E-state index is 0.452. The number of nitrogens with zero attached hydrogens (tertiary/aromatic N) is 2. The molecular formula is C13H17N3. The van der Waals surface area contributed by atoms with E-state index in [1.54, 1.807) is 0 Å². The molecule has 0 bridgehead atoms. The summed E-state index contributed by atoms with van der Waals surface area (Å²) < 4.78 is 2.00. The Labute approximate surface area is 96.1 Å². The van der Waals surface area contributed by atoms with E-state index in [9.17, 15) is 0 Å². The van der Waals surface area contributed by atoms with Crippen molar-refractivity contribution in [2.45, 2.75) is 12.8 Å². The van der Waals surface area contributed by atoms with Crippen LogP contribution in [0.15, 0.2) is 42.6 Å². The highest BCUT2D eigenvalue weighted by molar-refractivity contribution is 5.33. The summed E-state index contributed by atoms with van der Waals surface area (Å²) in [5.74, 6) is 0.452. The molecule has 1 aromatic heterocycles. The van der Waals surface area contributed by atoms with Crippen LogP contribution in [0.3, 0.4) is 0 Å². The first-order valence-corrected chi connectivity index (χ1v) is 5.57. The number of rotatable bonds is 4. The summed E-state index contributed by atoms with van der Waals surface area (Å²) in [7, 11) is 1.97. The number of aromatic nitrogens is 2. The second-order valence-corrected chi connectivity index (χ2v) is 3.96. The number of hydrogen-bond donors (Lipinski definition) is 1. The molecule has 3 heteroatoms. The van der Waals surface area contributed by atoms with Gasteiger partial charge in [-0.1, -0.05) is 25.1 Å². The van der Waals surface area contributed by atoms with Gasteiger partial charge in [-0.25, -0.2) is 4.68 Å². The summed E-state index contributed by atoms with van der Waals surface area (Å²) in [5, 5.41) is 7.57. The summed E-state index contributed by atoms with van der Waals surface area (Å²) >= 11 is 0. The second kappa shape index (κ2) is 4.94. The van der Waals surface area contributed by atoms with Crippen LogP contribution in [0.1, 0.15) is 18.5 Å². The maximum Gasteiger partial charge on any atom is 0.0648 e. The van der Waals surface area contributed by atoms with E-state index >= 15 is 0 Å². The van der Waals surface area contributed by atoms with Crippen molar-refractivity contribution in [2.75, 3.05) is 13.6 Å². The minimum Gasteiger partial charge on any atom is -0.319 e. The van der Waals surface area contributed by atoms with Crippen molar-refractivity contribution in [3.05, 3.63) is 48.3 Å². The molecule has 0 radical (unpaired) electrons. The van der Waals surface area contributed by atoms with Crippen molar-refractivity contribution in [3.63, 3.8) is 0 Å². The van der Waals surface area contributed by atoms with E-state index in [4.69, 9.17) is 0 Å². The van der Waals surface area contributed by atoms with Crippen LogP contribution >= 0.6 is 0 Å². The smallest absolute Gasteiger partial charge is 0.0648 e. The van der Waals surface area contributed by atoms with Crippen LogP contribution < -0.4 is 5.32 Å². The van der Waals surface area contributed by atoms with Crippen molar-refractivity contribution in [2.24, 2.45) is 0 Å². The maximum atomic E-state index is 4.38. The molecular weight excluding hydrogens is 198 g/mol. The lowest BCUT2D eigenvalue weighted by Gasteiger charge is -2.13. The van der Waals surface area contributed by atoms with E-state index in [-0.39, 0.29) is 0 Å².